The van der Waals surface area contributed by atoms with Crippen molar-refractivity contribution in [1.82, 2.24) is 10.2 Å². The average molecular weight is 359 g/mol. The van der Waals surface area contributed by atoms with Crippen molar-refractivity contribution in [3.05, 3.63) is 90.2 Å². The Kier molecular flexibility index (Phi) is 4.45. The second kappa shape index (κ2) is 7.21. The van der Waals surface area contributed by atoms with Crippen molar-refractivity contribution in [2.45, 2.75) is 0 Å². The Morgan fingerprint density at radius 3 is 2.33 bits per heavy atom. The van der Waals surface area contributed by atoms with E-state index in [1.54, 1.807) is 12.1 Å². The maximum atomic E-state index is 13.0. The summed E-state index contributed by atoms with van der Waals surface area (Å²) in [7, 11) is 0. The summed E-state index contributed by atoms with van der Waals surface area (Å²) in [6.45, 7) is 0. The van der Waals surface area contributed by atoms with Gasteiger partial charge in [-0.2, -0.15) is 0 Å². The van der Waals surface area contributed by atoms with Crippen LogP contribution in [0.1, 0.15) is 10.4 Å². The van der Waals surface area contributed by atoms with Gasteiger partial charge in [0, 0.05) is 11.1 Å². The van der Waals surface area contributed by atoms with E-state index >= 15 is 0 Å². The van der Waals surface area contributed by atoms with Crippen LogP contribution >= 0.6 is 0 Å². The average Bonchev–Trinajstić information content (AvgIpc) is 3.18. The number of carbonyl (C=O) groups excluding carboxylic acids is 1. The maximum Gasteiger partial charge on any atom is 0.322 e. The first-order valence-electron chi connectivity index (χ1n) is 8.25. The van der Waals surface area contributed by atoms with E-state index in [0.29, 0.717) is 11.1 Å². The van der Waals surface area contributed by atoms with E-state index < -0.39 is 0 Å². The van der Waals surface area contributed by atoms with Gasteiger partial charge in [0.2, 0.25) is 5.89 Å². The zero-order chi connectivity index (χ0) is 18.6. The molecule has 0 aliphatic carbocycles. The molecule has 0 bridgehead atoms. The highest BCUT2D eigenvalue weighted by Crippen LogP contribution is 2.22. The smallest absolute Gasteiger partial charge is 0.322 e. The van der Waals surface area contributed by atoms with Crippen LogP contribution in [0.3, 0.4) is 0 Å². The van der Waals surface area contributed by atoms with E-state index in [4.69, 9.17) is 4.42 Å². The molecule has 1 amide bonds. The summed E-state index contributed by atoms with van der Waals surface area (Å²) in [6, 6.07) is 22.7. The number of hydrogen-bond donors (Lipinski definition) is 1. The standard InChI is InChI=1S/C21H14FN3O2/c22-18-11-9-15(10-12-18)20-24-25-21(27-20)23-19(26)17-8-4-7-16(13-17)14-5-2-1-3-6-14/h1-13H,(H,23,25,26). The van der Waals surface area contributed by atoms with E-state index in [2.05, 4.69) is 15.5 Å². The first-order valence-corrected chi connectivity index (χ1v) is 8.25. The zero-order valence-electron chi connectivity index (χ0n) is 14.1. The van der Waals surface area contributed by atoms with Gasteiger partial charge in [0.1, 0.15) is 5.82 Å². The van der Waals surface area contributed by atoms with Crippen LogP contribution in [0.5, 0.6) is 0 Å². The molecule has 0 saturated heterocycles. The van der Waals surface area contributed by atoms with Gasteiger partial charge in [-0.1, -0.05) is 47.6 Å². The number of aromatic nitrogens is 2. The lowest BCUT2D eigenvalue weighted by Crippen LogP contribution is -2.12. The number of nitrogens with one attached hydrogen (secondary N) is 1. The molecule has 132 valence electrons. The van der Waals surface area contributed by atoms with Crippen molar-refractivity contribution in [2.75, 3.05) is 5.32 Å². The van der Waals surface area contributed by atoms with Gasteiger partial charge in [0.05, 0.1) is 0 Å². The zero-order valence-corrected chi connectivity index (χ0v) is 14.1. The SMILES string of the molecule is O=C(Nc1nnc(-c2ccc(F)cc2)o1)c1cccc(-c2ccccc2)c1. The van der Waals surface area contributed by atoms with Gasteiger partial charge in [-0.05, 0) is 47.5 Å². The Balaban J connectivity index is 1.52. The fourth-order valence-electron chi connectivity index (χ4n) is 2.62. The third kappa shape index (κ3) is 3.74. The number of anilines is 1. The molecule has 3 aromatic carbocycles. The molecule has 0 unspecified atom stereocenters. The van der Waals surface area contributed by atoms with Crippen molar-refractivity contribution < 1.29 is 13.6 Å². The van der Waals surface area contributed by atoms with Crippen LogP contribution in [0.25, 0.3) is 22.6 Å². The fourth-order valence-corrected chi connectivity index (χ4v) is 2.62. The quantitative estimate of drug-likeness (QED) is 0.568. The third-order valence-electron chi connectivity index (χ3n) is 3.97. The Labute approximate surface area is 154 Å². The molecule has 1 aromatic heterocycles. The number of carbonyl (C=O) groups is 1. The minimum absolute atomic E-state index is 0.0237. The van der Waals surface area contributed by atoms with Gasteiger partial charge >= 0.3 is 6.01 Å². The molecular formula is C21H14FN3O2. The number of amides is 1. The van der Waals surface area contributed by atoms with Gasteiger partial charge in [0.15, 0.2) is 0 Å². The van der Waals surface area contributed by atoms with Gasteiger partial charge < -0.3 is 4.42 Å². The normalized spacial score (nSPS) is 10.6. The highest BCUT2D eigenvalue weighted by Gasteiger charge is 2.13. The minimum atomic E-state index is -0.359. The van der Waals surface area contributed by atoms with E-state index in [-0.39, 0.29) is 23.6 Å². The topological polar surface area (TPSA) is 68.0 Å². The molecule has 1 heterocycles. The second-order valence-electron chi connectivity index (χ2n) is 5.82. The monoisotopic (exact) mass is 359 g/mol. The lowest BCUT2D eigenvalue weighted by Gasteiger charge is -2.05. The molecule has 0 spiro atoms. The van der Waals surface area contributed by atoms with Crippen molar-refractivity contribution in [3.8, 4) is 22.6 Å². The summed E-state index contributed by atoms with van der Waals surface area (Å²) < 4.78 is 18.4. The second-order valence-corrected chi connectivity index (χ2v) is 5.82. The predicted octanol–water partition coefficient (Wildman–Crippen LogP) is 4.80. The van der Waals surface area contributed by atoms with Crippen LogP contribution in [-0.2, 0) is 0 Å². The van der Waals surface area contributed by atoms with Crippen molar-refractivity contribution in [3.63, 3.8) is 0 Å². The summed E-state index contributed by atoms with van der Waals surface area (Å²) >= 11 is 0. The van der Waals surface area contributed by atoms with Gasteiger partial charge in [-0.3, -0.25) is 10.1 Å². The largest absolute Gasteiger partial charge is 0.403 e. The number of hydrogen-bond acceptors (Lipinski definition) is 4. The van der Waals surface area contributed by atoms with E-state index in [1.165, 1.54) is 24.3 Å². The predicted molar refractivity (Wildman–Crippen MR) is 99.5 cm³/mol. The summed E-state index contributed by atoms with van der Waals surface area (Å²) in [5, 5.41) is 10.3. The molecule has 0 aliphatic rings. The van der Waals surface area contributed by atoms with Crippen molar-refractivity contribution in [1.29, 1.82) is 0 Å². The molecule has 4 aromatic rings. The first-order chi connectivity index (χ1) is 13.2. The lowest BCUT2D eigenvalue weighted by molar-refractivity contribution is 0.102. The molecule has 0 atom stereocenters. The summed E-state index contributed by atoms with van der Waals surface area (Å²) in [5.41, 5.74) is 2.98. The fraction of sp³-hybridized carbons (Fsp3) is 0. The molecule has 4 rings (SSSR count). The molecule has 0 fully saturated rings. The van der Waals surface area contributed by atoms with Gasteiger partial charge in [0.25, 0.3) is 5.91 Å². The van der Waals surface area contributed by atoms with Crippen LogP contribution < -0.4 is 5.32 Å². The van der Waals surface area contributed by atoms with Crippen LogP contribution in [0, 0.1) is 5.82 Å². The Hall–Kier alpha value is -3.80. The van der Waals surface area contributed by atoms with E-state index in [0.717, 1.165) is 11.1 Å². The van der Waals surface area contributed by atoms with Crippen LogP contribution in [0.15, 0.2) is 83.3 Å². The highest BCUT2D eigenvalue weighted by atomic mass is 19.1. The van der Waals surface area contributed by atoms with Crippen LogP contribution in [0.4, 0.5) is 10.4 Å². The first kappa shape index (κ1) is 16.7. The van der Waals surface area contributed by atoms with Gasteiger partial charge in [-0.15, -0.1) is 5.10 Å². The van der Waals surface area contributed by atoms with Crippen molar-refractivity contribution >= 4 is 11.9 Å². The molecule has 0 aliphatic heterocycles. The minimum Gasteiger partial charge on any atom is -0.403 e. The number of rotatable bonds is 4. The molecule has 5 nitrogen and oxygen atoms in total. The molecule has 6 heteroatoms. The van der Waals surface area contributed by atoms with Crippen LogP contribution in [0.2, 0.25) is 0 Å². The number of nitrogens with zero attached hydrogens (tertiary/aromatic N) is 2. The van der Waals surface area contributed by atoms with Crippen molar-refractivity contribution in [2.24, 2.45) is 0 Å². The number of benzene rings is 3. The van der Waals surface area contributed by atoms with E-state index in [1.807, 2.05) is 42.5 Å². The summed E-state index contributed by atoms with van der Waals surface area (Å²) in [6.07, 6.45) is 0. The molecular weight excluding hydrogens is 345 g/mol. The van der Waals surface area contributed by atoms with E-state index in [9.17, 15) is 9.18 Å². The Bertz CT molecular complexity index is 1080. The van der Waals surface area contributed by atoms with Gasteiger partial charge in [-0.25, -0.2) is 4.39 Å². The molecule has 0 radical (unpaired) electrons. The molecule has 27 heavy (non-hydrogen) atoms. The highest BCUT2D eigenvalue weighted by molar-refractivity contribution is 6.03. The van der Waals surface area contributed by atoms with Crippen LogP contribution in [-0.4, -0.2) is 16.1 Å². The third-order valence-corrected chi connectivity index (χ3v) is 3.97. The Morgan fingerprint density at radius 2 is 1.56 bits per heavy atom. The lowest BCUT2D eigenvalue weighted by atomic mass is 10.0. The Morgan fingerprint density at radius 1 is 0.815 bits per heavy atom. The summed E-state index contributed by atoms with van der Waals surface area (Å²) in [5.74, 6) is -0.518. The maximum absolute atomic E-state index is 13.0. The molecule has 1 N–H and O–H groups in total. The summed E-state index contributed by atoms with van der Waals surface area (Å²) in [4.78, 5) is 12.5. The number of halogens is 1. The molecule has 0 saturated carbocycles.